The van der Waals surface area contributed by atoms with Crippen LogP contribution in [-0.4, -0.2) is 77.4 Å². The lowest BCUT2D eigenvalue weighted by atomic mass is 10.1. The lowest BCUT2D eigenvalue weighted by Gasteiger charge is -2.35. The minimum atomic E-state index is -0.298. The Morgan fingerprint density at radius 3 is 2.46 bits per heavy atom. The van der Waals surface area contributed by atoms with E-state index in [9.17, 15) is 9.59 Å². The molecule has 3 heterocycles. The Balaban J connectivity index is 1.64. The maximum absolute atomic E-state index is 12.8. The predicted molar refractivity (Wildman–Crippen MR) is 86.0 cm³/mol. The number of aromatic nitrogens is 2. The van der Waals surface area contributed by atoms with Gasteiger partial charge in [-0.05, 0) is 19.8 Å². The second-order valence-electron chi connectivity index (χ2n) is 6.21. The van der Waals surface area contributed by atoms with Crippen LogP contribution in [0.5, 0.6) is 5.88 Å². The van der Waals surface area contributed by atoms with Crippen molar-refractivity contribution in [3.05, 3.63) is 11.3 Å². The van der Waals surface area contributed by atoms with E-state index >= 15 is 0 Å². The maximum atomic E-state index is 12.8. The van der Waals surface area contributed by atoms with Crippen LogP contribution in [0.3, 0.4) is 0 Å². The molecule has 1 aromatic heterocycles. The molecule has 2 saturated heterocycles. The van der Waals surface area contributed by atoms with Gasteiger partial charge in [-0.1, -0.05) is 0 Å². The fourth-order valence-corrected chi connectivity index (χ4v) is 3.38. The molecule has 0 aromatic carbocycles. The molecule has 0 radical (unpaired) electrons. The molecule has 0 aliphatic carbocycles. The van der Waals surface area contributed by atoms with E-state index < -0.39 is 0 Å². The molecular weight excluding hydrogens is 312 g/mol. The van der Waals surface area contributed by atoms with Gasteiger partial charge in [0.05, 0.1) is 12.8 Å². The lowest BCUT2D eigenvalue weighted by Crippen LogP contribution is -2.52. The van der Waals surface area contributed by atoms with E-state index in [1.807, 2.05) is 0 Å². The van der Waals surface area contributed by atoms with Crippen LogP contribution in [0.15, 0.2) is 0 Å². The Morgan fingerprint density at radius 1 is 1.21 bits per heavy atom. The number of hydrogen-bond acceptors (Lipinski definition) is 5. The average molecular weight is 336 g/mol. The first kappa shape index (κ1) is 16.8. The van der Waals surface area contributed by atoms with Crippen LogP contribution in [0.25, 0.3) is 0 Å². The molecule has 2 aliphatic heterocycles. The normalized spacial score (nSPS) is 21.2. The number of aryl methyl sites for hydroxylation is 2. The van der Waals surface area contributed by atoms with Crippen molar-refractivity contribution in [3.8, 4) is 5.88 Å². The molecule has 2 amide bonds. The molecular formula is C16H24N4O4. The highest BCUT2D eigenvalue weighted by Gasteiger charge is 2.33. The van der Waals surface area contributed by atoms with Gasteiger partial charge < -0.3 is 19.3 Å². The summed E-state index contributed by atoms with van der Waals surface area (Å²) in [6.45, 7) is 4.55. The number of carbonyl (C=O) groups is 2. The summed E-state index contributed by atoms with van der Waals surface area (Å²) in [7, 11) is 3.28. The number of amides is 2. The monoisotopic (exact) mass is 336 g/mol. The highest BCUT2D eigenvalue weighted by atomic mass is 16.5. The van der Waals surface area contributed by atoms with Gasteiger partial charge >= 0.3 is 0 Å². The SMILES string of the molecule is COc1c(C(=O)N2CCN(C(=O)C3CCCO3)CC2)c(C)nn1C. The topological polar surface area (TPSA) is 76.9 Å². The Morgan fingerprint density at radius 2 is 1.88 bits per heavy atom. The van der Waals surface area contributed by atoms with Crippen LogP contribution in [0, 0.1) is 6.92 Å². The van der Waals surface area contributed by atoms with Gasteiger partial charge in [0.2, 0.25) is 5.88 Å². The van der Waals surface area contributed by atoms with Crippen LogP contribution in [-0.2, 0) is 16.6 Å². The Bertz CT molecular complexity index is 628. The molecule has 24 heavy (non-hydrogen) atoms. The van der Waals surface area contributed by atoms with E-state index in [2.05, 4.69) is 5.10 Å². The number of piperazine rings is 1. The van der Waals surface area contributed by atoms with Crippen molar-refractivity contribution in [2.24, 2.45) is 7.05 Å². The van der Waals surface area contributed by atoms with E-state index in [-0.39, 0.29) is 17.9 Å². The molecule has 1 aromatic rings. The van der Waals surface area contributed by atoms with Gasteiger partial charge in [-0.2, -0.15) is 5.10 Å². The highest BCUT2D eigenvalue weighted by Crippen LogP contribution is 2.23. The summed E-state index contributed by atoms with van der Waals surface area (Å²) < 4.78 is 12.3. The quantitative estimate of drug-likeness (QED) is 0.788. The summed E-state index contributed by atoms with van der Waals surface area (Å²) in [5, 5.41) is 4.26. The Labute approximate surface area is 141 Å². The summed E-state index contributed by atoms with van der Waals surface area (Å²) in [4.78, 5) is 28.7. The van der Waals surface area contributed by atoms with Gasteiger partial charge in [0.1, 0.15) is 11.7 Å². The first-order valence-electron chi connectivity index (χ1n) is 8.30. The second-order valence-corrected chi connectivity index (χ2v) is 6.21. The van der Waals surface area contributed by atoms with Crippen molar-refractivity contribution >= 4 is 11.8 Å². The van der Waals surface area contributed by atoms with Crippen LogP contribution in [0.1, 0.15) is 28.9 Å². The predicted octanol–water partition coefficient (Wildman–Crippen LogP) is 0.201. The number of carbonyl (C=O) groups excluding carboxylic acids is 2. The van der Waals surface area contributed by atoms with E-state index in [4.69, 9.17) is 9.47 Å². The highest BCUT2D eigenvalue weighted by molar-refractivity contribution is 5.97. The number of nitrogens with zero attached hydrogens (tertiary/aromatic N) is 4. The van der Waals surface area contributed by atoms with Crippen LogP contribution in [0.4, 0.5) is 0 Å². The van der Waals surface area contributed by atoms with Crippen molar-refractivity contribution in [2.75, 3.05) is 39.9 Å². The molecule has 0 spiro atoms. The molecule has 0 N–H and O–H groups in total. The largest absolute Gasteiger partial charge is 0.481 e. The van der Waals surface area contributed by atoms with Crippen molar-refractivity contribution in [3.63, 3.8) is 0 Å². The third-order valence-corrected chi connectivity index (χ3v) is 4.66. The fraction of sp³-hybridized carbons (Fsp3) is 0.688. The van der Waals surface area contributed by atoms with Crippen LogP contribution < -0.4 is 4.74 Å². The van der Waals surface area contributed by atoms with Crippen LogP contribution in [0.2, 0.25) is 0 Å². The summed E-state index contributed by atoms with van der Waals surface area (Å²) in [6, 6.07) is 0. The summed E-state index contributed by atoms with van der Waals surface area (Å²) in [5.74, 6) is 0.423. The van der Waals surface area contributed by atoms with Crippen molar-refractivity contribution in [2.45, 2.75) is 25.9 Å². The molecule has 3 rings (SSSR count). The van der Waals surface area contributed by atoms with Crippen LogP contribution >= 0.6 is 0 Å². The molecule has 0 bridgehead atoms. The summed E-state index contributed by atoms with van der Waals surface area (Å²) in [6.07, 6.45) is 1.44. The fourth-order valence-electron chi connectivity index (χ4n) is 3.38. The first-order chi connectivity index (χ1) is 11.5. The van der Waals surface area contributed by atoms with Crippen molar-refractivity contribution in [1.29, 1.82) is 0 Å². The first-order valence-corrected chi connectivity index (χ1v) is 8.30. The Kier molecular flexibility index (Phi) is 4.75. The number of hydrogen-bond donors (Lipinski definition) is 0. The Hall–Kier alpha value is -2.09. The van der Waals surface area contributed by atoms with Gasteiger partial charge in [-0.3, -0.25) is 9.59 Å². The van der Waals surface area contributed by atoms with Gasteiger partial charge in [0.25, 0.3) is 11.8 Å². The standard InChI is InChI=1S/C16H24N4O4/c1-11-13(16(23-3)18(2)17-11)15(22)20-8-6-19(7-9-20)14(21)12-5-4-10-24-12/h12H,4-10H2,1-3H3. The molecule has 8 nitrogen and oxygen atoms in total. The summed E-state index contributed by atoms with van der Waals surface area (Å²) in [5.41, 5.74) is 1.15. The smallest absolute Gasteiger partial charge is 0.261 e. The molecule has 2 aliphatic rings. The van der Waals surface area contributed by atoms with Gasteiger partial charge in [-0.25, -0.2) is 4.68 Å². The van der Waals surface area contributed by atoms with E-state index in [0.29, 0.717) is 49.9 Å². The van der Waals surface area contributed by atoms with Gasteiger partial charge in [0, 0.05) is 39.8 Å². The molecule has 132 valence electrons. The van der Waals surface area contributed by atoms with Crippen molar-refractivity contribution < 1.29 is 19.1 Å². The number of rotatable bonds is 3. The molecule has 0 saturated carbocycles. The zero-order valence-electron chi connectivity index (χ0n) is 14.4. The lowest BCUT2D eigenvalue weighted by molar-refractivity contribution is -0.142. The maximum Gasteiger partial charge on any atom is 0.261 e. The zero-order chi connectivity index (χ0) is 17.3. The second kappa shape index (κ2) is 6.80. The third kappa shape index (κ3) is 2.98. The average Bonchev–Trinajstić information content (AvgIpc) is 3.21. The van der Waals surface area contributed by atoms with E-state index in [0.717, 1.165) is 12.8 Å². The number of methoxy groups -OCH3 is 1. The van der Waals surface area contributed by atoms with Crippen molar-refractivity contribution in [1.82, 2.24) is 19.6 Å². The molecule has 1 atom stereocenters. The van der Waals surface area contributed by atoms with E-state index in [1.165, 1.54) is 7.11 Å². The van der Waals surface area contributed by atoms with Gasteiger partial charge in [0.15, 0.2) is 0 Å². The number of ether oxygens (including phenoxy) is 2. The zero-order valence-corrected chi connectivity index (χ0v) is 14.4. The molecule has 1 unspecified atom stereocenters. The third-order valence-electron chi connectivity index (χ3n) is 4.66. The minimum absolute atomic E-state index is 0.0507. The van der Waals surface area contributed by atoms with E-state index in [1.54, 1.807) is 28.5 Å². The minimum Gasteiger partial charge on any atom is -0.481 e. The summed E-state index contributed by atoms with van der Waals surface area (Å²) >= 11 is 0. The molecule has 8 heteroatoms. The van der Waals surface area contributed by atoms with Gasteiger partial charge in [-0.15, -0.1) is 0 Å². The molecule has 2 fully saturated rings.